The Hall–Kier alpha value is -0.690. The van der Waals surface area contributed by atoms with Gasteiger partial charge in [-0.05, 0) is 13.8 Å². The molecule has 2 heterocycles. The van der Waals surface area contributed by atoms with Gasteiger partial charge in [-0.25, -0.2) is 0 Å². The maximum Gasteiger partial charge on any atom is 0.303 e. The third-order valence-electron chi connectivity index (χ3n) is 3.40. The summed E-state index contributed by atoms with van der Waals surface area (Å²) in [4.78, 5) is 10.8. The SMILES string of the molecule is CC1(C)OCC2(O1)C(CC(=O)O)COC2CO. The fraction of sp³-hybridized carbons (Fsp3) is 0.909. The van der Waals surface area contributed by atoms with Crippen molar-refractivity contribution in [3.8, 4) is 0 Å². The highest BCUT2D eigenvalue weighted by Crippen LogP contribution is 2.45. The number of aliphatic carboxylic acids is 1. The summed E-state index contributed by atoms with van der Waals surface area (Å²) in [6, 6.07) is 0. The molecule has 0 aromatic carbocycles. The van der Waals surface area contributed by atoms with Gasteiger partial charge in [-0.2, -0.15) is 0 Å². The van der Waals surface area contributed by atoms with Crippen molar-refractivity contribution in [1.82, 2.24) is 0 Å². The third-order valence-corrected chi connectivity index (χ3v) is 3.40. The van der Waals surface area contributed by atoms with Crippen LogP contribution in [0.5, 0.6) is 0 Å². The predicted molar refractivity (Wildman–Crippen MR) is 56.4 cm³/mol. The lowest BCUT2D eigenvalue weighted by atomic mass is 9.84. The molecular weight excluding hydrogens is 228 g/mol. The third kappa shape index (κ3) is 2.18. The van der Waals surface area contributed by atoms with E-state index in [-0.39, 0.29) is 32.2 Å². The first-order valence-corrected chi connectivity index (χ1v) is 5.68. The molecule has 2 aliphatic rings. The Morgan fingerprint density at radius 2 is 2.18 bits per heavy atom. The number of aliphatic hydroxyl groups excluding tert-OH is 1. The van der Waals surface area contributed by atoms with Crippen molar-refractivity contribution in [2.75, 3.05) is 19.8 Å². The molecule has 2 N–H and O–H groups in total. The first-order chi connectivity index (χ1) is 7.89. The molecule has 0 bridgehead atoms. The molecule has 0 aromatic rings. The number of rotatable bonds is 3. The molecule has 3 atom stereocenters. The van der Waals surface area contributed by atoms with Crippen molar-refractivity contribution in [1.29, 1.82) is 0 Å². The summed E-state index contributed by atoms with van der Waals surface area (Å²) in [5.41, 5.74) is -0.837. The van der Waals surface area contributed by atoms with Crippen LogP contribution in [0.3, 0.4) is 0 Å². The zero-order valence-electron chi connectivity index (χ0n) is 10.0. The quantitative estimate of drug-likeness (QED) is 0.728. The average Bonchev–Trinajstić information content (AvgIpc) is 2.70. The minimum Gasteiger partial charge on any atom is -0.481 e. The van der Waals surface area contributed by atoms with E-state index < -0.39 is 23.5 Å². The van der Waals surface area contributed by atoms with Crippen molar-refractivity contribution in [2.24, 2.45) is 5.92 Å². The van der Waals surface area contributed by atoms with E-state index in [1.54, 1.807) is 13.8 Å². The molecule has 2 aliphatic heterocycles. The average molecular weight is 246 g/mol. The minimum absolute atomic E-state index is 0.0457. The van der Waals surface area contributed by atoms with E-state index >= 15 is 0 Å². The summed E-state index contributed by atoms with van der Waals surface area (Å²) in [5, 5.41) is 18.2. The Morgan fingerprint density at radius 3 is 2.65 bits per heavy atom. The maximum atomic E-state index is 10.8. The molecule has 6 nitrogen and oxygen atoms in total. The van der Waals surface area contributed by atoms with Crippen LogP contribution in [-0.2, 0) is 19.0 Å². The second kappa shape index (κ2) is 4.20. The number of carboxylic acid groups (broad SMARTS) is 1. The Bertz CT molecular complexity index is 315. The van der Waals surface area contributed by atoms with Crippen LogP contribution in [0.1, 0.15) is 20.3 Å². The number of aliphatic hydroxyl groups is 1. The largest absolute Gasteiger partial charge is 0.481 e. The molecule has 3 unspecified atom stereocenters. The van der Waals surface area contributed by atoms with Gasteiger partial charge in [-0.3, -0.25) is 4.79 Å². The van der Waals surface area contributed by atoms with Crippen molar-refractivity contribution >= 4 is 5.97 Å². The molecule has 0 saturated carbocycles. The van der Waals surface area contributed by atoms with Crippen LogP contribution in [0.4, 0.5) is 0 Å². The summed E-state index contributed by atoms with van der Waals surface area (Å²) in [6.07, 6.45) is -0.565. The van der Waals surface area contributed by atoms with Crippen molar-refractivity contribution in [3.05, 3.63) is 0 Å². The molecule has 0 amide bonds. The van der Waals surface area contributed by atoms with Gasteiger partial charge in [0.05, 0.1) is 26.2 Å². The molecule has 0 aromatic heterocycles. The van der Waals surface area contributed by atoms with E-state index in [1.165, 1.54) is 0 Å². The molecule has 2 saturated heterocycles. The lowest BCUT2D eigenvalue weighted by Crippen LogP contribution is -2.49. The molecule has 6 heteroatoms. The van der Waals surface area contributed by atoms with E-state index in [4.69, 9.17) is 19.3 Å². The van der Waals surface area contributed by atoms with Gasteiger partial charge in [0.25, 0.3) is 0 Å². The number of hydrogen-bond donors (Lipinski definition) is 2. The topological polar surface area (TPSA) is 85.2 Å². The Labute approximate surface area is 99.5 Å². The van der Waals surface area contributed by atoms with E-state index in [0.717, 1.165) is 0 Å². The molecule has 0 radical (unpaired) electrons. The molecule has 1 spiro atoms. The lowest BCUT2D eigenvalue weighted by molar-refractivity contribution is -0.184. The van der Waals surface area contributed by atoms with Gasteiger partial charge in [0, 0.05) is 5.92 Å². The second-order valence-corrected chi connectivity index (χ2v) is 5.04. The monoisotopic (exact) mass is 246 g/mol. The highest BCUT2D eigenvalue weighted by Gasteiger charge is 2.59. The van der Waals surface area contributed by atoms with Gasteiger partial charge < -0.3 is 24.4 Å². The van der Waals surface area contributed by atoms with Crippen LogP contribution in [0.25, 0.3) is 0 Å². The van der Waals surface area contributed by atoms with Crippen LogP contribution < -0.4 is 0 Å². The summed E-state index contributed by atoms with van der Waals surface area (Å²) >= 11 is 0. The van der Waals surface area contributed by atoms with E-state index in [1.807, 2.05) is 0 Å². The Balaban J connectivity index is 2.21. The Kier molecular flexibility index (Phi) is 3.15. The summed E-state index contributed by atoms with van der Waals surface area (Å²) in [7, 11) is 0. The minimum atomic E-state index is -0.898. The van der Waals surface area contributed by atoms with Gasteiger partial charge in [0.15, 0.2) is 5.79 Å². The lowest BCUT2D eigenvalue weighted by Gasteiger charge is -2.32. The van der Waals surface area contributed by atoms with Crippen LogP contribution in [0, 0.1) is 5.92 Å². The molecule has 2 rings (SSSR count). The van der Waals surface area contributed by atoms with Gasteiger partial charge in [-0.15, -0.1) is 0 Å². The standard InChI is InChI=1S/C11H18O6/c1-10(2)16-6-11(17-10)7(3-9(13)14)5-15-8(11)4-12/h7-8,12H,3-6H2,1-2H3,(H,13,14). The van der Waals surface area contributed by atoms with Gasteiger partial charge in [0.2, 0.25) is 0 Å². The summed E-state index contributed by atoms with van der Waals surface area (Å²) in [6.45, 7) is 3.87. The highest BCUT2D eigenvalue weighted by molar-refractivity contribution is 5.67. The summed E-state index contributed by atoms with van der Waals surface area (Å²) in [5.74, 6) is -1.96. The van der Waals surface area contributed by atoms with Crippen LogP contribution in [0.2, 0.25) is 0 Å². The van der Waals surface area contributed by atoms with Crippen molar-refractivity contribution in [2.45, 2.75) is 37.8 Å². The van der Waals surface area contributed by atoms with E-state index in [2.05, 4.69) is 0 Å². The van der Waals surface area contributed by atoms with Gasteiger partial charge in [0.1, 0.15) is 11.7 Å². The zero-order valence-corrected chi connectivity index (χ0v) is 10.0. The number of ether oxygens (including phenoxy) is 3. The number of carbonyl (C=O) groups is 1. The van der Waals surface area contributed by atoms with Crippen LogP contribution in [0.15, 0.2) is 0 Å². The van der Waals surface area contributed by atoms with Crippen molar-refractivity contribution in [3.63, 3.8) is 0 Å². The van der Waals surface area contributed by atoms with Crippen molar-refractivity contribution < 1.29 is 29.2 Å². The fourth-order valence-corrected chi connectivity index (χ4v) is 2.59. The molecule has 0 aliphatic carbocycles. The first-order valence-electron chi connectivity index (χ1n) is 5.68. The van der Waals surface area contributed by atoms with Crippen LogP contribution in [-0.4, -0.2) is 53.5 Å². The number of hydrogen-bond acceptors (Lipinski definition) is 5. The fourth-order valence-electron chi connectivity index (χ4n) is 2.59. The first kappa shape index (κ1) is 12.8. The predicted octanol–water partition coefficient (Wildman–Crippen LogP) is -0.00990. The maximum absolute atomic E-state index is 10.8. The zero-order chi connectivity index (χ0) is 12.7. The smallest absolute Gasteiger partial charge is 0.303 e. The van der Waals surface area contributed by atoms with Gasteiger partial charge >= 0.3 is 5.97 Å². The second-order valence-electron chi connectivity index (χ2n) is 5.04. The highest BCUT2D eigenvalue weighted by atomic mass is 16.8. The molecule has 98 valence electrons. The Morgan fingerprint density at radius 1 is 1.47 bits per heavy atom. The number of carboxylic acids is 1. The normalized spacial score (nSPS) is 39.9. The van der Waals surface area contributed by atoms with Gasteiger partial charge in [-0.1, -0.05) is 0 Å². The summed E-state index contributed by atoms with van der Waals surface area (Å²) < 4.78 is 16.8. The molecule has 2 fully saturated rings. The van der Waals surface area contributed by atoms with E-state index in [9.17, 15) is 9.90 Å². The van der Waals surface area contributed by atoms with E-state index in [0.29, 0.717) is 0 Å². The molecular formula is C11H18O6. The van der Waals surface area contributed by atoms with Crippen LogP contribution >= 0.6 is 0 Å². The molecule has 17 heavy (non-hydrogen) atoms.